The fraction of sp³-hybridized carbons (Fsp3) is 0.917. The minimum atomic E-state index is 0.262. The average Bonchev–Trinajstić information content (AvgIpc) is 3.04. The van der Waals surface area contributed by atoms with E-state index in [9.17, 15) is 9.59 Å². The zero-order valence-corrected chi connectivity index (χ0v) is 19.0. The Kier molecular flexibility index (Phi) is 13.3. The Morgan fingerprint density at radius 3 is 2.07 bits per heavy atom. The highest BCUT2D eigenvalue weighted by Crippen LogP contribution is 2.24. The van der Waals surface area contributed by atoms with Gasteiger partial charge in [-0.3, -0.25) is 9.59 Å². The first-order valence-electron chi connectivity index (χ1n) is 12.1. The van der Waals surface area contributed by atoms with Crippen LogP contribution in [0.2, 0.25) is 0 Å². The molecule has 164 valence electrons. The molecule has 2 atom stereocenters. The number of rotatable bonds is 8. The Hall–Kier alpha value is -1.06. The molecule has 2 rings (SSSR count). The third kappa shape index (κ3) is 9.93. The molecular formula is C24H46N2O2. The van der Waals surface area contributed by atoms with Gasteiger partial charge < -0.3 is 10.6 Å². The van der Waals surface area contributed by atoms with Gasteiger partial charge >= 0.3 is 0 Å². The molecule has 0 aromatic heterocycles. The first kappa shape index (κ1) is 25.0. The van der Waals surface area contributed by atoms with Crippen molar-refractivity contribution in [1.29, 1.82) is 0 Å². The van der Waals surface area contributed by atoms with E-state index < -0.39 is 0 Å². The Bertz CT molecular complexity index is 430. The van der Waals surface area contributed by atoms with Gasteiger partial charge in [-0.2, -0.15) is 0 Å². The third-order valence-electron chi connectivity index (χ3n) is 6.77. The van der Waals surface area contributed by atoms with Crippen LogP contribution in [0.15, 0.2) is 0 Å². The Labute approximate surface area is 174 Å². The normalized spacial score (nSPS) is 23.4. The van der Waals surface area contributed by atoms with Crippen LogP contribution in [0.25, 0.3) is 0 Å². The van der Waals surface area contributed by atoms with E-state index in [0.29, 0.717) is 17.9 Å². The molecule has 4 nitrogen and oxygen atoms in total. The largest absolute Gasteiger partial charge is 0.356 e. The van der Waals surface area contributed by atoms with Crippen LogP contribution in [0, 0.1) is 17.8 Å². The maximum atomic E-state index is 11.7. The van der Waals surface area contributed by atoms with Crippen molar-refractivity contribution in [3.8, 4) is 0 Å². The first-order chi connectivity index (χ1) is 13.5. The zero-order valence-electron chi connectivity index (χ0n) is 19.0. The van der Waals surface area contributed by atoms with E-state index in [4.69, 9.17) is 0 Å². The number of carbonyl (C=O) groups excluding carboxylic acids is 2. The summed E-state index contributed by atoms with van der Waals surface area (Å²) in [5.74, 6) is 2.39. The van der Waals surface area contributed by atoms with Crippen molar-refractivity contribution in [1.82, 2.24) is 10.6 Å². The Balaban J connectivity index is 0.000000280. The molecule has 2 saturated heterocycles. The van der Waals surface area contributed by atoms with Crippen molar-refractivity contribution in [2.75, 3.05) is 6.54 Å². The van der Waals surface area contributed by atoms with Gasteiger partial charge in [0.2, 0.25) is 11.8 Å². The van der Waals surface area contributed by atoms with Gasteiger partial charge in [0.05, 0.1) is 0 Å². The van der Waals surface area contributed by atoms with Crippen LogP contribution in [-0.2, 0) is 9.59 Å². The van der Waals surface area contributed by atoms with Gasteiger partial charge in [-0.25, -0.2) is 0 Å². The number of hydrogen-bond acceptors (Lipinski definition) is 2. The summed E-state index contributed by atoms with van der Waals surface area (Å²) in [6.45, 7) is 9.82. The van der Waals surface area contributed by atoms with Crippen LogP contribution in [0.5, 0.6) is 0 Å². The minimum absolute atomic E-state index is 0.262. The first-order valence-corrected chi connectivity index (χ1v) is 12.1. The molecule has 0 aliphatic carbocycles. The van der Waals surface area contributed by atoms with Crippen molar-refractivity contribution in [3.05, 3.63) is 0 Å². The van der Waals surface area contributed by atoms with E-state index in [-0.39, 0.29) is 5.91 Å². The molecule has 2 amide bonds. The van der Waals surface area contributed by atoms with Crippen molar-refractivity contribution < 1.29 is 9.59 Å². The lowest BCUT2D eigenvalue weighted by Gasteiger charge is -2.21. The van der Waals surface area contributed by atoms with Crippen LogP contribution in [0.3, 0.4) is 0 Å². The maximum Gasteiger partial charge on any atom is 0.223 e. The van der Waals surface area contributed by atoms with Crippen molar-refractivity contribution in [2.24, 2.45) is 17.8 Å². The summed E-state index contributed by atoms with van der Waals surface area (Å²) >= 11 is 0. The molecule has 0 aromatic rings. The molecule has 0 spiro atoms. The molecule has 2 aliphatic heterocycles. The molecule has 28 heavy (non-hydrogen) atoms. The molecule has 4 heteroatoms. The molecule has 2 fully saturated rings. The molecule has 2 aliphatic rings. The van der Waals surface area contributed by atoms with Crippen molar-refractivity contribution in [3.63, 3.8) is 0 Å². The molecular weight excluding hydrogens is 348 g/mol. The number of hydrogen-bond donors (Lipinski definition) is 2. The van der Waals surface area contributed by atoms with Crippen molar-refractivity contribution in [2.45, 2.75) is 117 Å². The number of amides is 2. The Morgan fingerprint density at radius 2 is 1.43 bits per heavy atom. The second-order valence-corrected chi connectivity index (χ2v) is 8.83. The summed E-state index contributed by atoms with van der Waals surface area (Å²) in [6, 6.07) is 0.454. The molecule has 2 N–H and O–H groups in total. The standard InChI is InChI=1S/2C12H23NO/c1-3-10(4-2)9-11-7-5-6-8-13-12(11)14;1-3-10(4-2)9-11-7-5-6-8-12(14)13-11/h2*10-11H,3-9H2,1-2H3,(H,13,14). The van der Waals surface area contributed by atoms with Crippen LogP contribution < -0.4 is 10.6 Å². The van der Waals surface area contributed by atoms with Gasteiger partial charge in [-0.05, 0) is 50.4 Å². The molecule has 0 aromatic carbocycles. The van der Waals surface area contributed by atoms with Crippen LogP contribution in [0.4, 0.5) is 0 Å². The highest BCUT2D eigenvalue weighted by Gasteiger charge is 2.23. The minimum Gasteiger partial charge on any atom is -0.356 e. The zero-order chi connectivity index (χ0) is 20.8. The lowest BCUT2D eigenvalue weighted by molar-refractivity contribution is -0.125. The fourth-order valence-electron chi connectivity index (χ4n) is 4.50. The lowest BCUT2D eigenvalue weighted by atomic mass is 9.88. The van der Waals surface area contributed by atoms with Crippen LogP contribution in [-0.4, -0.2) is 24.4 Å². The summed E-state index contributed by atoms with van der Waals surface area (Å²) in [5, 5.41) is 6.15. The van der Waals surface area contributed by atoms with Gasteiger partial charge in [-0.1, -0.05) is 66.2 Å². The number of nitrogens with one attached hydrogen (secondary N) is 2. The Morgan fingerprint density at radius 1 is 0.821 bits per heavy atom. The van der Waals surface area contributed by atoms with Gasteiger partial charge in [0.15, 0.2) is 0 Å². The van der Waals surface area contributed by atoms with Gasteiger partial charge in [0.1, 0.15) is 0 Å². The van der Waals surface area contributed by atoms with E-state index >= 15 is 0 Å². The van der Waals surface area contributed by atoms with E-state index in [1.54, 1.807) is 0 Å². The van der Waals surface area contributed by atoms with Gasteiger partial charge in [0.25, 0.3) is 0 Å². The smallest absolute Gasteiger partial charge is 0.223 e. The third-order valence-corrected chi connectivity index (χ3v) is 6.77. The number of carbonyl (C=O) groups is 2. The monoisotopic (exact) mass is 394 g/mol. The van der Waals surface area contributed by atoms with E-state index in [1.807, 2.05) is 0 Å². The SMILES string of the molecule is CCC(CC)CC1CCCCC(=O)N1.CCC(CC)CC1CCCCNC1=O. The van der Waals surface area contributed by atoms with E-state index in [2.05, 4.69) is 38.3 Å². The second kappa shape index (κ2) is 14.9. The van der Waals surface area contributed by atoms with Gasteiger partial charge in [-0.15, -0.1) is 0 Å². The summed E-state index contributed by atoms with van der Waals surface area (Å²) in [6.07, 6.45) is 14.8. The lowest BCUT2D eigenvalue weighted by Crippen LogP contribution is -2.34. The topological polar surface area (TPSA) is 58.2 Å². The van der Waals surface area contributed by atoms with Crippen LogP contribution in [0.1, 0.15) is 111 Å². The summed E-state index contributed by atoms with van der Waals surface area (Å²) in [7, 11) is 0. The molecule has 2 unspecified atom stereocenters. The van der Waals surface area contributed by atoms with Crippen LogP contribution >= 0.6 is 0 Å². The summed E-state index contributed by atoms with van der Waals surface area (Å²) < 4.78 is 0. The summed E-state index contributed by atoms with van der Waals surface area (Å²) in [5.41, 5.74) is 0. The predicted octanol–water partition coefficient (Wildman–Crippen LogP) is 5.60. The highest BCUT2D eigenvalue weighted by molar-refractivity contribution is 5.78. The van der Waals surface area contributed by atoms with E-state index in [0.717, 1.165) is 50.5 Å². The highest BCUT2D eigenvalue weighted by atomic mass is 16.2. The molecule has 0 saturated carbocycles. The average molecular weight is 395 g/mol. The van der Waals surface area contributed by atoms with Crippen molar-refractivity contribution >= 4 is 11.8 Å². The maximum absolute atomic E-state index is 11.7. The van der Waals surface area contributed by atoms with E-state index in [1.165, 1.54) is 51.4 Å². The quantitative estimate of drug-likeness (QED) is 0.563. The summed E-state index contributed by atoms with van der Waals surface area (Å²) in [4.78, 5) is 23.0. The fourth-order valence-corrected chi connectivity index (χ4v) is 4.50. The molecule has 0 radical (unpaired) electrons. The molecule has 2 heterocycles. The second-order valence-electron chi connectivity index (χ2n) is 8.83. The van der Waals surface area contributed by atoms with Gasteiger partial charge in [0, 0.05) is 24.9 Å². The molecule has 0 bridgehead atoms. The predicted molar refractivity (Wildman–Crippen MR) is 118 cm³/mol.